The number of aliphatic hydroxyl groups is 1. The molecule has 0 amide bonds. The molecule has 1 aromatic heterocycles. The van der Waals surface area contributed by atoms with Gasteiger partial charge in [-0.2, -0.15) is 0 Å². The highest BCUT2D eigenvalue weighted by Gasteiger charge is 2.06. The third-order valence-corrected chi connectivity index (χ3v) is 2.68. The molecular weight excluding hydrogens is 200 g/mol. The van der Waals surface area contributed by atoms with E-state index in [0.29, 0.717) is 0 Å². The molecule has 0 fully saturated rings. The number of hydrogen-bond acceptors (Lipinski definition) is 3. The largest absolute Gasteiger partial charge is 0.392 e. The Morgan fingerprint density at radius 1 is 1.38 bits per heavy atom. The molecule has 90 valence electrons. The lowest BCUT2D eigenvalue weighted by Gasteiger charge is -2.20. The minimum atomic E-state index is -0.188. The van der Waals surface area contributed by atoms with Gasteiger partial charge in [0.2, 0.25) is 0 Å². The number of hydrogen-bond donors (Lipinski definition) is 1. The second kappa shape index (κ2) is 7.36. The maximum absolute atomic E-state index is 9.67. The zero-order valence-electron chi connectivity index (χ0n) is 10.3. The van der Waals surface area contributed by atoms with Gasteiger partial charge in [0.1, 0.15) is 0 Å². The average Bonchev–Trinajstić information content (AvgIpc) is 2.28. The van der Waals surface area contributed by atoms with Gasteiger partial charge in [-0.25, -0.2) is 0 Å². The van der Waals surface area contributed by atoms with Crippen molar-refractivity contribution in [2.75, 3.05) is 20.1 Å². The third-order valence-electron chi connectivity index (χ3n) is 2.68. The van der Waals surface area contributed by atoms with Gasteiger partial charge in [0.15, 0.2) is 0 Å². The molecule has 16 heavy (non-hydrogen) atoms. The molecule has 0 aromatic carbocycles. The Morgan fingerprint density at radius 3 is 2.69 bits per heavy atom. The molecule has 0 aliphatic heterocycles. The van der Waals surface area contributed by atoms with Crippen molar-refractivity contribution in [3.05, 3.63) is 30.1 Å². The Balaban J connectivity index is 2.22. The maximum Gasteiger partial charge on any atom is 0.0666 e. The minimum absolute atomic E-state index is 0.188. The summed E-state index contributed by atoms with van der Waals surface area (Å²) in [6.45, 7) is 3.84. The summed E-state index contributed by atoms with van der Waals surface area (Å²) in [7, 11) is 2.06. The summed E-state index contributed by atoms with van der Waals surface area (Å²) < 4.78 is 0. The van der Waals surface area contributed by atoms with E-state index in [9.17, 15) is 5.11 Å². The molecule has 3 heteroatoms. The fourth-order valence-electron chi connectivity index (χ4n) is 1.74. The van der Waals surface area contributed by atoms with Crippen molar-refractivity contribution in [2.45, 2.75) is 32.3 Å². The summed E-state index contributed by atoms with van der Waals surface area (Å²) in [5.74, 6) is 0. The van der Waals surface area contributed by atoms with Crippen LogP contribution in [-0.2, 0) is 6.42 Å². The summed E-state index contributed by atoms with van der Waals surface area (Å²) in [5.41, 5.74) is 1.30. The summed E-state index contributed by atoms with van der Waals surface area (Å²) in [6.07, 6.45) is 6.40. The summed E-state index contributed by atoms with van der Waals surface area (Å²) >= 11 is 0. The Morgan fingerprint density at radius 2 is 2.06 bits per heavy atom. The molecule has 1 aromatic rings. The second-order valence-corrected chi connectivity index (χ2v) is 4.31. The van der Waals surface area contributed by atoms with Crippen LogP contribution in [0.5, 0.6) is 0 Å². The maximum atomic E-state index is 9.67. The molecule has 0 bridgehead atoms. The van der Waals surface area contributed by atoms with Crippen molar-refractivity contribution in [1.82, 2.24) is 9.88 Å². The first-order valence-corrected chi connectivity index (χ1v) is 5.98. The highest BCUT2D eigenvalue weighted by atomic mass is 16.3. The molecule has 1 rings (SSSR count). The van der Waals surface area contributed by atoms with Crippen LogP contribution in [-0.4, -0.2) is 41.2 Å². The number of rotatable bonds is 7. The molecule has 3 nitrogen and oxygen atoms in total. The van der Waals surface area contributed by atoms with E-state index in [1.165, 1.54) is 5.56 Å². The second-order valence-electron chi connectivity index (χ2n) is 4.31. The molecule has 1 heterocycles. The van der Waals surface area contributed by atoms with Crippen LogP contribution < -0.4 is 0 Å². The van der Waals surface area contributed by atoms with E-state index in [1.807, 2.05) is 24.5 Å². The van der Waals surface area contributed by atoms with Gasteiger partial charge in [-0.15, -0.1) is 0 Å². The van der Waals surface area contributed by atoms with Crippen LogP contribution in [0.4, 0.5) is 0 Å². The van der Waals surface area contributed by atoms with Gasteiger partial charge < -0.3 is 10.0 Å². The van der Waals surface area contributed by atoms with Crippen LogP contribution in [0.25, 0.3) is 0 Å². The van der Waals surface area contributed by atoms with Crippen LogP contribution in [0.2, 0.25) is 0 Å². The van der Waals surface area contributed by atoms with Gasteiger partial charge in [-0.1, -0.05) is 13.3 Å². The number of aliphatic hydroxyl groups excluding tert-OH is 1. The molecular formula is C13H22N2O. The monoisotopic (exact) mass is 222 g/mol. The predicted octanol–water partition coefficient (Wildman–Crippen LogP) is 1.72. The molecule has 0 aliphatic rings. The first kappa shape index (κ1) is 13.1. The van der Waals surface area contributed by atoms with Crippen molar-refractivity contribution in [3.63, 3.8) is 0 Å². The van der Waals surface area contributed by atoms with Gasteiger partial charge in [0.25, 0.3) is 0 Å². The van der Waals surface area contributed by atoms with E-state index in [4.69, 9.17) is 0 Å². The van der Waals surface area contributed by atoms with E-state index in [-0.39, 0.29) is 6.10 Å². The van der Waals surface area contributed by atoms with Gasteiger partial charge in [0, 0.05) is 25.5 Å². The lowest BCUT2D eigenvalue weighted by atomic mass is 10.1. The summed E-state index contributed by atoms with van der Waals surface area (Å²) in [4.78, 5) is 6.17. The molecule has 0 saturated carbocycles. The Hall–Kier alpha value is -0.930. The van der Waals surface area contributed by atoms with Gasteiger partial charge in [-0.05, 0) is 37.6 Å². The Bertz CT molecular complexity index is 277. The minimum Gasteiger partial charge on any atom is -0.392 e. The van der Waals surface area contributed by atoms with Gasteiger partial charge >= 0.3 is 0 Å². The van der Waals surface area contributed by atoms with E-state index in [1.54, 1.807) is 0 Å². The summed E-state index contributed by atoms with van der Waals surface area (Å²) in [6, 6.07) is 4.08. The smallest absolute Gasteiger partial charge is 0.0666 e. The number of pyridine rings is 1. The van der Waals surface area contributed by atoms with Crippen LogP contribution in [0.3, 0.4) is 0 Å². The summed E-state index contributed by atoms with van der Waals surface area (Å²) in [5, 5.41) is 9.67. The fraction of sp³-hybridized carbons (Fsp3) is 0.615. The van der Waals surface area contributed by atoms with Gasteiger partial charge in [-0.3, -0.25) is 4.98 Å². The zero-order valence-corrected chi connectivity index (χ0v) is 10.3. The highest BCUT2D eigenvalue weighted by molar-refractivity contribution is 5.09. The molecule has 1 atom stereocenters. The number of likely N-dealkylation sites (N-methyl/N-ethyl adjacent to an activating group) is 1. The van der Waals surface area contributed by atoms with Crippen LogP contribution in [0, 0.1) is 0 Å². The van der Waals surface area contributed by atoms with Crippen LogP contribution >= 0.6 is 0 Å². The first-order valence-electron chi connectivity index (χ1n) is 5.98. The van der Waals surface area contributed by atoms with Crippen molar-refractivity contribution >= 4 is 0 Å². The lowest BCUT2D eigenvalue weighted by molar-refractivity contribution is 0.117. The fourth-order valence-corrected chi connectivity index (χ4v) is 1.74. The van der Waals surface area contributed by atoms with Crippen LogP contribution in [0.1, 0.15) is 25.3 Å². The van der Waals surface area contributed by atoms with Crippen molar-refractivity contribution in [3.8, 4) is 0 Å². The zero-order chi connectivity index (χ0) is 11.8. The Labute approximate surface area is 98.1 Å². The predicted molar refractivity (Wildman–Crippen MR) is 66.4 cm³/mol. The molecule has 0 saturated heterocycles. The average molecular weight is 222 g/mol. The molecule has 0 aliphatic carbocycles. The van der Waals surface area contributed by atoms with Gasteiger partial charge in [0.05, 0.1) is 6.10 Å². The molecule has 1 N–H and O–H groups in total. The van der Waals surface area contributed by atoms with Crippen molar-refractivity contribution < 1.29 is 5.11 Å². The van der Waals surface area contributed by atoms with E-state index < -0.39 is 0 Å². The number of nitrogens with zero attached hydrogens (tertiary/aromatic N) is 2. The highest BCUT2D eigenvalue weighted by Crippen LogP contribution is 2.01. The van der Waals surface area contributed by atoms with Crippen LogP contribution in [0.15, 0.2) is 24.5 Å². The molecule has 0 radical (unpaired) electrons. The van der Waals surface area contributed by atoms with Crippen molar-refractivity contribution in [1.29, 1.82) is 0 Å². The number of aromatic nitrogens is 1. The normalized spacial score (nSPS) is 13.0. The molecule has 1 unspecified atom stereocenters. The SMILES string of the molecule is CCCC(O)CN(C)CCc1ccncc1. The van der Waals surface area contributed by atoms with E-state index in [0.717, 1.165) is 32.4 Å². The van der Waals surface area contributed by atoms with Crippen molar-refractivity contribution in [2.24, 2.45) is 0 Å². The molecule has 0 spiro atoms. The first-order chi connectivity index (χ1) is 7.72. The quantitative estimate of drug-likeness (QED) is 0.763. The lowest BCUT2D eigenvalue weighted by Crippen LogP contribution is -2.30. The van der Waals surface area contributed by atoms with E-state index in [2.05, 4.69) is 23.9 Å². The Kier molecular flexibility index (Phi) is 6.04. The standard InChI is InChI=1S/C13H22N2O/c1-3-4-13(16)11-15(2)10-7-12-5-8-14-9-6-12/h5-6,8-9,13,16H,3-4,7,10-11H2,1-2H3. The third kappa shape index (κ3) is 5.24. The van der Waals surface area contributed by atoms with E-state index >= 15 is 0 Å². The topological polar surface area (TPSA) is 36.4 Å².